The second-order valence-corrected chi connectivity index (χ2v) is 7.08. The Morgan fingerprint density at radius 3 is 2.00 bits per heavy atom. The topological polar surface area (TPSA) is 61.8 Å². The number of ketones is 1. The lowest BCUT2D eigenvalue weighted by atomic mass is 10.0. The number of ether oxygens (including phenoxy) is 3. The molecule has 0 aliphatic carbocycles. The van der Waals surface area contributed by atoms with Crippen LogP contribution < -0.4 is 9.47 Å². The van der Waals surface area contributed by atoms with Crippen LogP contribution in [0, 0.1) is 0 Å². The summed E-state index contributed by atoms with van der Waals surface area (Å²) in [7, 11) is 0. The van der Waals surface area contributed by atoms with Crippen LogP contribution in [-0.2, 0) is 22.6 Å². The number of aryl methyl sites for hydroxylation is 1. The van der Waals surface area contributed by atoms with E-state index in [2.05, 4.69) is 0 Å². The molecular formula is C26H26O5. The lowest BCUT2D eigenvalue weighted by Crippen LogP contribution is -2.27. The molecule has 3 aromatic rings. The van der Waals surface area contributed by atoms with Crippen LogP contribution in [0.5, 0.6) is 11.5 Å². The minimum Gasteiger partial charge on any atom is -0.489 e. The SMILES string of the molecule is CCc1ccc(C(=O)[C@H](C)OC(=O)COc2ccc(OCc3ccccc3)cc2)cc1. The lowest BCUT2D eigenvalue weighted by Gasteiger charge is -2.13. The molecule has 1 atom stereocenters. The molecule has 3 rings (SSSR count). The summed E-state index contributed by atoms with van der Waals surface area (Å²) in [6.45, 7) is 3.80. The van der Waals surface area contributed by atoms with Gasteiger partial charge >= 0.3 is 5.97 Å². The number of hydrogen-bond donors (Lipinski definition) is 0. The molecule has 0 aromatic heterocycles. The van der Waals surface area contributed by atoms with Crippen LogP contribution >= 0.6 is 0 Å². The van der Waals surface area contributed by atoms with Crippen LogP contribution in [0.4, 0.5) is 0 Å². The van der Waals surface area contributed by atoms with Crippen molar-refractivity contribution in [3.05, 3.63) is 95.6 Å². The van der Waals surface area contributed by atoms with Gasteiger partial charge < -0.3 is 14.2 Å². The highest BCUT2D eigenvalue weighted by molar-refractivity contribution is 6.00. The average Bonchev–Trinajstić information content (AvgIpc) is 2.82. The highest BCUT2D eigenvalue weighted by Crippen LogP contribution is 2.19. The van der Waals surface area contributed by atoms with Gasteiger partial charge in [0.1, 0.15) is 18.1 Å². The fourth-order valence-electron chi connectivity index (χ4n) is 2.94. The van der Waals surface area contributed by atoms with Gasteiger partial charge in [-0.3, -0.25) is 4.79 Å². The molecule has 5 nitrogen and oxygen atoms in total. The molecule has 0 N–H and O–H groups in total. The highest BCUT2D eigenvalue weighted by atomic mass is 16.6. The number of Topliss-reactive ketones (excluding diaryl/α,β-unsaturated/α-hetero) is 1. The van der Waals surface area contributed by atoms with Crippen molar-refractivity contribution in [2.24, 2.45) is 0 Å². The van der Waals surface area contributed by atoms with Gasteiger partial charge in [0.05, 0.1) is 0 Å². The van der Waals surface area contributed by atoms with Gasteiger partial charge in [0.2, 0.25) is 5.78 Å². The summed E-state index contributed by atoms with van der Waals surface area (Å²) in [6.07, 6.45) is 0.0218. The van der Waals surface area contributed by atoms with Gasteiger partial charge in [-0.2, -0.15) is 0 Å². The van der Waals surface area contributed by atoms with Crippen molar-refractivity contribution in [1.82, 2.24) is 0 Å². The Balaban J connectivity index is 1.43. The van der Waals surface area contributed by atoms with Crippen molar-refractivity contribution in [2.45, 2.75) is 33.0 Å². The molecule has 0 fully saturated rings. The maximum absolute atomic E-state index is 12.4. The molecule has 160 valence electrons. The standard InChI is InChI=1S/C26H26O5/c1-3-20-9-11-22(12-10-20)26(28)19(2)31-25(27)18-30-24-15-13-23(14-16-24)29-17-21-7-5-4-6-8-21/h4-16,19H,3,17-18H2,1-2H3/t19-/m0/s1. The summed E-state index contributed by atoms with van der Waals surface area (Å²) in [5.74, 6) is 0.372. The van der Waals surface area contributed by atoms with Crippen LogP contribution in [0.3, 0.4) is 0 Å². The lowest BCUT2D eigenvalue weighted by molar-refractivity contribution is -0.148. The number of hydrogen-bond acceptors (Lipinski definition) is 5. The number of esters is 1. The van der Waals surface area contributed by atoms with Gasteiger partial charge in [0.25, 0.3) is 0 Å². The molecule has 0 aliphatic heterocycles. The molecule has 0 saturated heterocycles. The zero-order chi connectivity index (χ0) is 22.1. The summed E-state index contributed by atoms with van der Waals surface area (Å²) in [5, 5.41) is 0. The first-order valence-corrected chi connectivity index (χ1v) is 10.3. The molecular weight excluding hydrogens is 392 g/mol. The van der Waals surface area contributed by atoms with Gasteiger partial charge in [-0.25, -0.2) is 4.79 Å². The fraction of sp³-hybridized carbons (Fsp3) is 0.231. The van der Waals surface area contributed by atoms with E-state index in [1.54, 1.807) is 43.3 Å². The third-order valence-corrected chi connectivity index (χ3v) is 4.75. The molecule has 0 amide bonds. The Morgan fingerprint density at radius 1 is 0.774 bits per heavy atom. The first kappa shape index (κ1) is 22.1. The van der Waals surface area contributed by atoms with Gasteiger partial charge in [0, 0.05) is 5.56 Å². The summed E-state index contributed by atoms with van der Waals surface area (Å²) >= 11 is 0. The minimum atomic E-state index is -0.877. The van der Waals surface area contributed by atoms with E-state index in [1.165, 1.54) is 0 Å². The largest absolute Gasteiger partial charge is 0.489 e. The van der Waals surface area contributed by atoms with E-state index in [9.17, 15) is 9.59 Å². The van der Waals surface area contributed by atoms with E-state index < -0.39 is 12.1 Å². The predicted molar refractivity (Wildman–Crippen MR) is 118 cm³/mol. The number of benzene rings is 3. The third kappa shape index (κ3) is 6.71. The normalized spacial score (nSPS) is 11.4. The van der Waals surface area contributed by atoms with Crippen molar-refractivity contribution in [3.8, 4) is 11.5 Å². The molecule has 0 aliphatic rings. The van der Waals surface area contributed by atoms with E-state index >= 15 is 0 Å². The Morgan fingerprint density at radius 2 is 1.39 bits per heavy atom. The van der Waals surface area contributed by atoms with Crippen molar-refractivity contribution < 1.29 is 23.8 Å². The molecule has 3 aromatic carbocycles. The van der Waals surface area contributed by atoms with E-state index in [4.69, 9.17) is 14.2 Å². The van der Waals surface area contributed by atoms with Crippen molar-refractivity contribution in [2.75, 3.05) is 6.61 Å². The molecule has 5 heteroatoms. The Kier molecular flexibility index (Phi) is 7.82. The first-order valence-electron chi connectivity index (χ1n) is 10.3. The zero-order valence-corrected chi connectivity index (χ0v) is 17.7. The molecule has 0 unspecified atom stereocenters. The van der Waals surface area contributed by atoms with Crippen LogP contribution in [0.1, 0.15) is 35.3 Å². The molecule has 0 bridgehead atoms. The quantitative estimate of drug-likeness (QED) is 0.342. The highest BCUT2D eigenvalue weighted by Gasteiger charge is 2.19. The van der Waals surface area contributed by atoms with E-state index in [1.807, 2.05) is 49.4 Å². The Bertz CT molecular complexity index is 979. The first-order chi connectivity index (χ1) is 15.0. The number of carbonyl (C=O) groups excluding carboxylic acids is 2. The second-order valence-electron chi connectivity index (χ2n) is 7.08. The van der Waals surface area contributed by atoms with Crippen LogP contribution in [-0.4, -0.2) is 24.5 Å². The molecule has 31 heavy (non-hydrogen) atoms. The third-order valence-electron chi connectivity index (χ3n) is 4.75. The van der Waals surface area contributed by atoms with Crippen LogP contribution in [0.2, 0.25) is 0 Å². The minimum absolute atomic E-state index is 0.240. The predicted octanol–water partition coefficient (Wildman–Crippen LogP) is 5.02. The second kappa shape index (κ2) is 11.0. The Labute approximate surface area is 182 Å². The van der Waals surface area contributed by atoms with Crippen LogP contribution in [0.15, 0.2) is 78.9 Å². The number of rotatable bonds is 10. The molecule has 0 radical (unpaired) electrons. The summed E-state index contributed by atoms with van der Waals surface area (Å²) < 4.78 is 16.4. The van der Waals surface area contributed by atoms with E-state index in [-0.39, 0.29) is 12.4 Å². The van der Waals surface area contributed by atoms with Gasteiger partial charge in [-0.15, -0.1) is 0 Å². The monoisotopic (exact) mass is 418 g/mol. The fourth-order valence-corrected chi connectivity index (χ4v) is 2.94. The maximum atomic E-state index is 12.4. The van der Waals surface area contributed by atoms with E-state index in [0.717, 1.165) is 17.5 Å². The molecule has 0 spiro atoms. The van der Waals surface area contributed by atoms with Crippen LogP contribution in [0.25, 0.3) is 0 Å². The number of carbonyl (C=O) groups is 2. The smallest absolute Gasteiger partial charge is 0.344 e. The maximum Gasteiger partial charge on any atom is 0.344 e. The van der Waals surface area contributed by atoms with Crippen molar-refractivity contribution in [1.29, 1.82) is 0 Å². The van der Waals surface area contributed by atoms with E-state index in [0.29, 0.717) is 23.7 Å². The Hall–Kier alpha value is -3.60. The van der Waals surface area contributed by atoms with Gasteiger partial charge in [-0.05, 0) is 48.7 Å². The molecule has 0 heterocycles. The zero-order valence-electron chi connectivity index (χ0n) is 17.7. The van der Waals surface area contributed by atoms with Gasteiger partial charge in [-0.1, -0.05) is 61.5 Å². The summed E-state index contributed by atoms with van der Waals surface area (Å²) in [5.41, 5.74) is 2.74. The summed E-state index contributed by atoms with van der Waals surface area (Å²) in [6, 6.07) is 24.2. The molecule has 0 saturated carbocycles. The summed E-state index contributed by atoms with van der Waals surface area (Å²) in [4.78, 5) is 24.5. The van der Waals surface area contributed by atoms with Crippen molar-refractivity contribution in [3.63, 3.8) is 0 Å². The van der Waals surface area contributed by atoms with Crippen molar-refractivity contribution >= 4 is 11.8 Å². The average molecular weight is 418 g/mol. The van der Waals surface area contributed by atoms with Gasteiger partial charge in [0.15, 0.2) is 12.7 Å².